The molecule has 0 N–H and O–H groups in total. The van der Waals surface area contributed by atoms with Crippen LogP contribution in [-0.4, -0.2) is 6.61 Å². The zero-order valence-corrected chi connectivity index (χ0v) is 10.9. The number of ether oxygens (including phenoxy) is 1. The minimum absolute atomic E-state index is 0.741. The van der Waals surface area contributed by atoms with Gasteiger partial charge in [-0.3, -0.25) is 0 Å². The molecule has 0 radical (unpaired) electrons. The molecule has 0 spiro atoms. The molecule has 0 heterocycles. The van der Waals surface area contributed by atoms with E-state index in [0.717, 1.165) is 30.6 Å². The summed E-state index contributed by atoms with van der Waals surface area (Å²) in [6, 6.07) is 0. The van der Waals surface area contributed by atoms with Crippen molar-refractivity contribution in [1.82, 2.24) is 0 Å². The molecule has 0 aromatic heterocycles. The summed E-state index contributed by atoms with van der Waals surface area (Å²) in [7, 11) is 0. The highest BCUT2D eigenvalue weighted by Gasteiger charge is 2.08. The summed E-state index contributed by atoms with van der Waals surface area (Å²) in [5.41, 5.74) is 0. The molecular formula is C14H26O. The van der Waals surface area contributed by atoms with E-state index in [1.54, 1.807) is 0 Å². The van der Waals surface area contributed by atoms with E-state index in [0.29, 0.717) is 0 Å². The minimum Gasteiger partial charge on any atom is -0.494 e. The molecule has 0 aliphatic carbocycles. The Morgan fingerprint density at radius 3 is 2.33 bits per heavy atom. The number of allylic oxidation sites excluding steroid dienone is 3. The lowest BCUT2D eigenvalue weighted by atomic mass is 9.90. The Bertz CT molecular complexity index is 201. The van der Waals surface area contributed by atoms with Crippen LogP contribution < -0.4 is 0 Å². The predicted molar refractivity (Wildman–Crippen MR) is 67.8 cm³/mol. The van der Waals surface area contributed by atoms with E-state index >= 15 is 0 Å². The monoisotopic (exact) mass is 210 g/mol. The molecular weight excluding hydrogens is 184 g/mol. The Balaban J connectivity index is 4.05. The Morgan fingerprint density at radius 1 is 1.27 bits per heavy atom. The maximum atomic E-state index is 5.44. The van der Waals surface area contributed by atoms with Crippen LogP contribution in [0.15, 0.2) is 24.0 Å². The van der Waals surface area contributed by atoms with Crippen molar-refractivity contribution in [2.45, 2.75) is 47.5 Å². The first-order chi connectivity index (χ1) is 7.15. The fraction of sp³-hybridized carbons (Fsp3) is 0.714. The van der Waals surface area contributed by atoms with Gasteiger partial charge in [-0.2, -0.15) is 0 Å². The molecule has 0 bridgehead atoms. The van der Waals surface area contributed by atoms with Gasteiger partial charge in [-0.05, 0) is 44.3 Å². The maximum Gasteiger partial charge on any atom is 0.114 e. The second-order valence-electron chi connectivity index (χ2n) is 4.17. The molecule has 0 saturated heterocycles. The lowest BCUT2D eigenvalue weighted by Crippen LogP contribution is -2.05. The Morgan fingerprint density at radius 2 is 1.93 bits per heavy atom. The first-order valence-electron chi connectivity index (χ1n) is 6.11. The number of rotatable bonds is 7. The second kappa shape index (κ2) is 8.58. The number of hydrogen-bond donors (Lipinski definition) is 0. The zero-order valence-electron chi connectivity index (χ0n) is 10.9. The van der Waals surface area contributed by atoms with Crippen LogP contribution in [-0.2, 0) is 4.74 Å². The van der Waals surface area contributed by atoms with Crippen molar-refractivity contribution < 1.29 is 4.74 Å². The predicted octanol–water partition coefficient (Wildman–Crippen LogP) is 4.56. The fourth-order valence-corrected chi connectivity index (χ4v) is 1.66. The molecule has 1 nitrogen and oxygen atoms in total. The van der Waals surface area contributed by atoms with Crippen LogP contribution in [0.5, 0.6) is 0 Å². The smallest absolute Gasteiger partial charge is 0.114 e. The van der Waals surface area contributed by atoms with Crippen LogP contribution in [0.25, 0.3) is 0 Å². The van der Waals surface area contributed by atoms with Gasteiger partial charge in [0.25, 0.3) is 0 Å². The lowest BCUT2D eigenvalue weighted by molar-refractivity contribution is 0.241. The van der Waals surface area contributed by atoms with Gasteiger partial charge in [-0.15, -0.1) is 0 Å². The van der Waals surface area contributed by atoms with E-state index in [1.807, 2.05) is 19.9 Å². The second-order valence-corrected chi connectivity index (χ2v) is 4.17. The SMILES string of the molecule is C/C=C(\C=C/CC(CC)C(C)C)OCC. The van der Waals surface area contributed by atoms with E-state index in [-0.39, 0.29) is 0 Å². The summed E-state index contributed by atoms with van der Waals surface area (Å²) in [6.07, 6.45) is 8.74. The molecule has 0 aliphatic rings. The molecule has 15 heavy (non-hydrogen) atoms. The molecule has 1 atom stereocenters. The lowest BCUT2D eigenvalue weighted by Gasteiger charge is -2.16. The third-order valence-corrected chi connectivity index (χ3v) is 2.78. The van der Waals surface area contributed by atoms with Crippen molar-refractivity contribution in [2.75, 3.05) is 6.61 Å². The van der Waals surface area contributed by atoms with Crippen LogP contribution in [0.3, 0.4) is 0 Å². The van der Waals surface area contributed by atoms with Gasteiger partial charge in [0.15, 0.2) is 0 Å². The zero-order chi connectivity index (χ0) is 11.7. The van der Waals surface area contributed by atoms with E-state index in [1.165, 1.54) is 6.42 Å². The van der Waals surface area contributed by atoms with Crippen LogP contribution in [0, 0.1) is 11.8 Å². The average Bonchev–Trinajstić information content (AvgIpc) is 2.22. The summed E-state index contributed by atoms with van der Waals surface area (Å²) in [5.74, 6) is 2.54. The van der Waals surface area contributed by atoms with Gasteiger partial charge in [0, 0.05) is 0 Å². The Hall–Kier alpha value is -0.720. The normalized spacial score (nSPS) is 14.9. The Kier molecular flexibility index (Phi) is 8.17. The van der Waals surface area contributed by atoms with Crippen LogP contribution >= 0.6 is 0 Å². The molecule has 0 aromatic rings. The van der Waals surface area contributed by atoms with Crippen LogP contribution in [0.4, 0.5) is 0 Å². The van der Waals surface area contributed by atoms with E-state index in [4.69, 9.17) is 4.74 Å². The molecule has 88 valence electrons. The summed E-state index contributed by atoms with van der Waals surface area (Å²) in [4.78, 5) is 0. The minimum atomic E-state index is 0.741. The van der Waals surface area contributed by atoms with Crippen molar-refractivity contribution in [2.24, 2.45) is 11.8 Å². The van der Waals surface area contributed by atoms with Crippen molar-refractivity contribution in [3.63, 3.8) is 0 Å². The first-order valence-corrected chi connectivity index (χ1v) is 6.11. The van der Waals surface area contributed by atoms with Crippen LogP contribution in [0.2, 0.25) is 0 Å². The molecule has 1 heteroatoms. The van der Waals surface area contributed by atoms with Crippen molar-refractivity contribution in [3.8, 4) is 0 Å². The molecule has 1 unspecified atom stereocenters. The third kappa shape index (κ3) is 6.38. The van der Waals surface area contributed by atoms with Gasteiger partial charge < -0.3 is 4.74 Å². The van der Waals surface area contributed by atoms with Gasteiger partial charge in [-0.1, -0.05) is 33.3 Å². The largest absolute Gasteiger partial charge is 0.494 e. The quantitative estimate of drug-likeness (QED) is 0.442. The number of hydrogen-bond acceptors (Lipinski definition) is 1. The molecule has 0 aliphatic heterocycles. The van der Waals surface area contributed by atoms with Crippen molar-refractivity contribution in [1.29, 1.82) is 0 Å². The highest BCUT2D eigenvalue weighted by atomic mass is 16.5. The fourth-order valence-electron chi connectivity index (χ4n) is 1.66. The van der Waals surface area contributed by atoms with E-state index in [9.17, 15) is 0 Å². The highest BCUT2D eigenvalue weighted by Crippen LogP contribution is 2.19. The first kappa shape index (κ1) is 14.3. The molecule has 0 aromatic carbocycles. The topological polar surface area (TPSA) is 9.23 Å². The summed E-state index contributed by atoms with van der Waals surface area (Å²) in [6.45, 7) is 11.6. The average molecular weight is 210 g/mol. The molecule has 0 fully saturated rings. The molecule has 0 amide bonds. The Labute approximate surface area is 95.2 Å². The maximum absolute atomic E-state index is 5.44. The molecule has 0 rings (SSSR count). The van der Waals surface area contributed by atoms with E-state index in [2.05, 4.69) is 32.9 Å². The van der Waals surface area contributed by atoms with Crippen molar-refractivity contribution >= 4 is 0 Å². The standard InChI is InChI=1S/C14H26O/c1-6-13(12(4)5)10-9-11-14(7-2)15-8-3/h7,9,11-13H,6,8,10H2,1-5H3/b11-9-,14-7+. The summed E-state index contributed by atoms with van der Waals surface area (Å²) in [5, 5.41) is 0. The summed E-state index contributed by atoms with van der Waals surface area (Å²) < 4.78 is 5.44. The summed E-state index contributed by atoms with van der Waals surface area (Å²) >= 11 is 0. The van der Waals surface area contributed by atoms with E-state index < -0.39 is 0 Å². The van der Waals surface area contributed by atoms with Gasteiger partial charge >= 0.3 is 0 Å². The van der Waals surface area contributed by atoms with Gasteiger partial charge in [0.1, 0.15) is 5.76 Å². The molecule has 0 saturated carbocycles. The van der Waals surface area contributed by atoms with Gasteiger partial charge in [-0.25, -0.2) is 0 Å². The van der Waals surface area contributed by atoms with Gasteiger partial charge in [0.2, 0.25) is 0 Å². The highest BCUT2D eigenvalue weighted by molar-refractivity contribution is 5.10. The third-order valence-electron chi connectivity index (χ3n) is 2.78. The van der Waals surface area contributed by atoms with Gasteiger partial charge in [0.05, 0.1) is 6.61 Å². The van der Waals surface area contributed by atoms with Crippen molar-refractivity contribution in [3.05, 3.63) is 24.0 Å². The van der Waals surface area contributed by atoms with Crippen LogP contribution in [0.1, 0.15) is 47.5 Å².